The van der Waals surface area contributed by atoms with Gasteiger partial charge in [0.2, 0.25) is 0 Å². The minimum atomic E-state index is -0.101. The van der Waals surface area contributed by atoms with Gasteiger partial charge in [0.25, 0.3) is 0 Å². The van der Waals surface area contributed by atoms with Crippen LogP contribution in [0.2, 0.25) is 5.02 Å². The van der Waals surface area contributed by atoms with Crippen LogP contribution in [0, 0.1) is 0 Å². The number of benzene rings is 1. The number of nitrogens with zero attached hydrogens (tertiary/aromatic N) is 2. The lowest BCUT2D eigenvalue weighted by atomic mass is 10.0. The zero-order chi connectivity index (χ0) is 16.5. The fourth-order valence-corrected chi connectivity index (χ4v) is 3.58. The molecular weight excluding hydrogens is 324 g/mol. The molecule has 1 aromatic carbocycles. The molecule has 0 saturated carbocycles. The summed E-state index contributed by atoms with van der Waals surface area (Å²) in [7, 11) is 0. The summed E-state index contributed by atoms with van der Waals surface area (Å²) in [5.74, 6) is 0. The van der Waals surface area contributed by atoms with Gasteiger partial charge in [0.1, 0.15) is 0 Å². The molecule has 124 valence electrons. The SMILES string of the molecule is O=C(Nc1cccc(Cl)c1)N1CCc2[nH]nc(C3=CCCC3)c2C1. The molecule has 0 unspecified atom stereocenters. The van der Waals surface area contributed by atoms with Crippen LogP contribution in [0.4, 0.5) is 10.5 Å². The van der Waals surface area contributed by atoms with E-state index >= 15 is 0 Å². The zero-order valence-corrected chi connectivity index (χ0v) is 14.1. The second-order valence-corrected chi connectivity index (χ2v) is 6.70. The van der Waals surface area contributed by atoms with Gasteiger partial charge >= 0.3 is 6.03 Å². The highest BCUT2D eigenvalue weighted by Gasteiger charge is 2.27. The smallest absolute Gasteiger partial charge is 0.320 e. The lowest BCUT2D eigenvalue weighted by molar-refractivity contribution is 0.206. The van der Waals surface area contributed by atoms with Crippen LogP contribution in [0.5, 0.6) is 0 Å². The Kier molecular flexibility index (Phi) is 4.02. The first-order valence-electron chi connectivity index (χ1n) is 8.28. The van der Waals surface area contributed by atoms with Gasteiger partial charge in [-0.15, -0.1) is 0 Å². The Morgan fingerprint density at radius 1 is 1.33 bits per heavy atom. The Morgan fingerprint density at radius 3 is 3.04 bits per heavy atom. The summed E-state index contributed by atoms with van der Waals surface area (Å²) in [6, 6.07) is 7.10. The monoisotopic (exact) mass is 342 g/mol. The van der Waals surface area contributed by atoms with Crippen molar-refractivity contribution in [2.75, 3.05) is 11.9 Å². The molecule has 1 aromatic heterocycles. The molecule has 2 aromatic rings. The van der Waals surface area contributed by atoms with Gasteiger partial charge < -0.3 is 10.2 Å². The van der Waals surface area contributed by atoms with Gasteiger partial charge in [-0.2, -0.15) is 5.10 Å². The Morgan fingerprint density at radius 2 is 2.25 bits per heavy atom. The number of fused-ring (bicyclic) bond motifs is 1. The molecule has 2 aliphatic rings. The van der Waals surface area contributed by atoms with Crippen LogP contribution < -0.4 is 5.32 Å². The molecule has 1 aliphatic heterocycles. The zero-order valence-electron chi connectivity index (χ0n) is 13.3. The molecular formula is C18H19ClN4O. The Hall–Kier alpha value is -2.27. The van der Waals surface area contributed by atoms with E-state index in [2.05, 4.69) is 21.6 Å². The number of carbonyl (C=O) groups excluding carboxylic acids is 1. The molecule has 0 bridgehead atoms. The number of aromatic nitrogens is 2. The van der Waals surface area contributed by atoms with Crippen molar-refractivity contribution in [2.24, 2.45) is 0 Å². The van der Waals surface area contributed by atoms with Crippen LogP contribution in [0.25, 0.3) is 5.57 Å². The standard InChI is InChI=1S/C18H19ClN4O/c19-13-6-3-7-14(10-13)20-18(24)23-9-8-16-15(11-23)17(22-21-16)12-4-1-2-5-12/h3-4,6-7,10H,1-2,5,8-9,11H2,(H,20,24)(H,21,22). The third kappa shape index (κ3) is 2.91. The van der Waals surface area contributed by atoms with Gasteiger partial charge in [0, 0.05) is 34.9 Å². The van der Waals surface area contributed by atoms with Crippen LogP contribution in [-0.2, 0) is 13.0 Å². The number of aromatic amines is 1. The number of amides is 2. The number of H-pyrrole nitrogens is 1. The molecule has 4 rings (SSSR count). The van der Waals surface area contributed by atoms with Crippen molar-refractivity contribution in [3.63, 3.8) is 0 Å². The summed E-state index contributed by atoms with van der Waals surface area (Å²) in [5.41, 5.74) is 5.39. The maximum atomic E-state index is 12.6. The van der Waals surface area contributed by atoms with Gasteiger partial charge in [0.15, 0.2) is 0 Å². The number of allylic oxidation sites excluding steroid dienone is 2. The van der Waals surface area contributed by atoms with E-state index in [0.29, 0.717) is 23.8 Å². The fraction of sp³-hybridized carbons (Fsp3) is 0.333. The highest BCUT2D eigenvalue weighted by atomic mass is 35.5. The van der Waals surface area contributed by atoms with Crippen LogP contribution in [0.15, 0.2) is 30.3 Å². The van der Waals surface area contributed by atoms with Gasteiger partial charge in [-0.25, -0.2) is 4.79 Å². The van der Waals surface area contributed by atoms with E-state index in [9.17, 15) is 4.79 Å². The van der Waals surface area contributed by atoms with Gasteiger partial charge in [-0.1, -0.05) is 23.7 Å². The van der Waals surface area contributed by atoms with E-state index in [4.69, 9.17) is 11.6 Å². The first kappa shape index (κ1) is 15.3. The third-order valence-corrected chi connectivity index (χ3v) is 4.88. The molecule has 0 saturated heterocycles. The molecule has 0 fully saturated rings. The largest absolute Gasteiger partial charge is 0.322 e. The number of carbonyl (C=O) groups is 1. The number of hydrogen-bond acceptors (Lipinski definition) is 2. The van der Waals surface area contributed by atoms with E-state index in [1.165, 1.54) is 12.0 Å². The second-order valence-electron chi connectivity index (χ2n) is 6.26. The van der Waals surface area contributed by atoms with E-state index in [-0.39, 0.29) is 6.03 Å². The first-order valence-corrected chi connectivity index (χ1v) is 8.65. The van der Waals surface area contributed by atoms with Crippen LogP contribution in [0.3, 0.4) is 0 Å². The van der Waals surface area contributed by atoms with Crippen molar-refractivity contribution < 1.29 is 4.79 Å². The Labute approximate surface area is 145 Å². The van der Waals surface area contributed by atoms with Gasteiger partial charge in [-0.05, 0) is 43.0 Å². The summed E-state index contributed by atoms with van der Waals surface area (Å²) in [6.45, 7) is 1.27. The molecule has 1 aliphatic carbocycles. The first-order chi connectivity index (χ1) is 11.7. The van der Waals surface area contributed by atoms with Crippen LogP contribution in [0.1, 0.15) is 36.2 Å². The van der Waals surface area contributed by atoms with Crippen molar-refractivity contribution in [2.45, 2.75) is 32.2 Å². The van der Waals surface area contributed by atoms with Crippen molar-refractivity contribution in [1.29, 1.82) is 0 Å². The maximum Gasteiger partial charge on any atom is 0.322 e. The average molecular weight is 343 g/mol. The third-order valence-electron chi connectivity index (χ3n) is 4.64. The van der Waals surface area contributed by atoms with E-state index in [1.54, 1.807) is 12.1 Å². The van der Waals surface area contributed by atoms with E-state index < -0.39 is 0 Å². The highest BCUT2D eigenvalue weighted by Crippen LogP contribution is 2.32. The molecule has 2 N–H and O–H groups in total. The quantitative estimate of drug-likeness (QED) is 0.858. The highest BCUT2D eigenvalue weighted by molar-refractivity contribution is 6.30. The fourth-order valence-electron chi connectivity index (χ4n) is 3.39. The predicted molar refractivity (Wildman–Crippen MR) is 95.0 cm³/mol. The van der Waals surface area contributed by atoms with Crippen LogP contribution >= 0.6 is 11.6 Å². The number of hydrogen-bond donors (Lipinski definition) is 2. The Bertz CT molecular complexity index is 811. The predicted octanol–water partition coefficient (Wildman–Crippen LogP) is 4.22. The molecule has 5 nitrogen and oxygen atoms in total. The molecule has 0 radical (unpaired) electrons. The van der Waals surface area contributed by atoms with Crippen molar-refractivity contribution >= 4 is 28.9 Å². The maximum absolute atomic E-state index is 12.6. The van der Waals surface area contributed by atoms with Crippen LogP contribution in [-0.4, -0.2) is 27.7 Å². The molecule has 0 spiro atoms. The number of nitrogens with one attached hydrogen (secondary N) is 2. The molecule has 2 amide bonds. The van der Waals surface area contributed by atoms with Crippen molar-refractivity contribution in [3.8, 4) is 0 Å². The normalized spacial score (nSPS) is 16.7. The number of anilines is 1. The van der Waals surface area contributed by atoms with Crippen molar-refractivity contribution in [1.82, 2.24) is 15.1 Å². The summed E-state index contributed by atoms with van der Waals surface area (Å²) < 4.78 is 0. The Balaban J connectivity index is 1.51. The van der Waals surface area contributed by atoms with E-state index in [1.807, 2.05) is 17.0 Å². The minimum Gasteiger partial charge on any atom is -0.320 e. The lowest BCUT2D eigenvalue weighted by Gasteiger charge is -2.27. The number of rotatable bonds is 2. The summed E-state index contributed by atoms with van der Waals surface area (Å²) in [4.78, 5) is 14.4. The van der Waals surface area contributed by atoms with Gasteiger partial charge in [0.05, 0.1) is 12.2 Å². The van der Waals surface area contributed by atoms with Crippen molar-refractivity contribution in [3.05, 3.63) is 52.3 Å². The summed E-state index contributed by atoms with van der Waals surface area (Å²) in [5, 5.41) is 11.2. The number of urea groups is 1. The molecule has 2 heterocycles. The topological polar surface area (TPSA) is 61.0 Å². The molecule has 24 heavy (non-hydrogen) atoms. The molecule has 0 atom stereocenters. The molecule has 6 heteroatoms. The van der Waals surface area contributed by atoms with E-state index in [0.717, 1.165) is 36.2 Å². The lowest BCUT2D eigenvalue weighted by Crippen LogP contribution is -2.39. The average Bonchev–Trinajstić information content (AvgIpc) is 3.23. The minimum absolute atomic E-state index is 0.101. The second kappa shape index (κ2) is 6.32. The summed E-state index contributed by atoms with van der Waals surface area (Å²) in [6.07, 6.45) is 6.46. The van der Waals surface area contributed by atoms with Gasteiger partial charge in [-0.3, -0.25) is 5.10 Å². The summed E-state index contributed by atoms with van der Waals surface area (Å²) >= 11 is 5.98. The number of halogens is 1.